The number of imidazole rings is 1. The molecule has 1 aliphatic heterocycles. The van der Waals surface area contributed by atoms with Gasteiger partial charge >= 0.3 is 6.09 Å². The number of fused-ring (bicyclic) bond motifs is 1. The second-order valence-corrected chi connectivity index (χ2v) is 8.48. The summed E-state index contributed by atoms with van der Waals surface area (Å²) in [5.74, 6) is 0.947. The van der Waals surface area contributed by atoms with Crippen LogP contribution >= 0.6 is 0 Å². The summed E-state index contributed by atoms with van der Waals surface area (Å²) in [5, 5.41) is 3.45. The van der Waals surface area contributed by atoms with Crippen molar-refractivity contribution < 1.29 is 9.53 Å². The molecule has 0 saturated carbocycles. The number of nitrogens with one attached hydrogen (secondary N) is 1. The van der Waals surface area contributed by atoms with Gasteiger partial charge in [-0.25, -0.2) is 14.8 Å². The largest absolute Gasteiger partial charge is 0.443 e. The lowest BCUT2D eigenvalue weighted by Crippen LogP contribution is -2.37. The molecule has 2 unspecified atom stereocenters. The highest BCUT2D eigenvalue weighted by Gasteiger charge is 2.35. The molecule has 1 N–H and O–H groups in total. The fourth-order valence-electron chi connectivity index (χ4n) is 3.55. The van der Waals surface area contributed by atoms with Crippen molar-refractivity contribution in [2.45, 2.75) is 45.8 Å². The Bertz CT molecular complexity index is 1050. The molecule has 1 fully saturated rings. The summed E-state index contributed by atoms with van der Waals surface area (Å²) in [6.07, 6.45) is 7.71. The van der Waals surface area contributed by atoms with E-state index >= 15 is 0 Å². The van der Waals surface area contributed by atoms with Crippen molar-refractivity contribution in [1.82, 2.24) is 24.3 Å². The molecule has 0 aliphatic carbocycles. The summed E-state index contributed by atoms with van der Waals surface area (Å²) in [5.41, 5.74) is 2.03. The third-order valence-corrected chi connectivity index (χ3v) is 5.73. The maximum Gasteiger partial charge on any atom is 0.410 e. The smallest absolute Gasteiger partial charge is 0.410 e. The first-order valence-electron chi connectivity index (χ1n) is 10.4. The first-order chi connectivity index (χ1) is 14.4. The number of ether oxygens (including phenoxy) is 1. The van der Waals surface area contributed by atoms with Crippen molar-refractivity contribution in [3.8, 4) is 11.4 Å². The number of hydrogen-bond donors (Lipinski definition) is 1. The Hall–Kier alpha value is -3.16. The standard InChI is InChI=1S/C22H28N6O2/c1-5-22(3,4)30-21(29)27-13-15(2)17(14-27)26-19-12-23-10-16(25-19)18-11-24-20-8-6-7-9-28(18)20/h6-12,15,17H,5,13-14H2,1-4H3,(H,25,26). The minimum Gasteiger partial charge on any atom is -0.443 e. The number of anilines is 1. The van der Waals surface area contributed by atoms with Gasteiger partial charge in [-0.05, 0) is 38.3 Å². The van der Waals surface area contributed by atoms with Crippen LogP contribution in [0.3, 0.4) is 0 Å². The van der Waals surface area contributed by atoms with Gasteiger partial charge in [0.2, 0.25) is 0 Å². The number of likely N-dealkylation sites (tertiary alicyclic amines) is 1. The van der Waals surface area contributed by atoms with Gasteiger partial charge in [-0.1, -0.05) is 19.9 Å². The average molecular weight is 409 g/mol. The van der Waals surface area contributed by atoms with Crippen LogP contribution in [0.2, 0.25) is 0 Å². The summed E-state index contributed by atoms with van der Waals surface area (Å²) in [6, 6.07) is 5.94. The summed E-state index contributed by atoms with van der Waals surface area (Å²) < 4.78 is 7.63. The highest BCUT2D eigenvalue weighted by atomic mass is 16.6. The number of rotatable bonds is 5. The molecule has 4 rings (SSSR count). The van der Waals surface area contributed by atoms with Crippen LogP contribution in [0.4, 0.5) is 10.6 Å². The van der Waals surface area contributed by atoms with Crippen LogP contribution < -0.4 is 5.32 Å². The first-order valence-corrected chi connectivity index (χ1v) is 10.4. The molecule has 3 aromatic rings. The van der Waals surface area contributed by atoms with Gasteiger partial charge in [-0.15, -0.1) is 0 Å². The highest BCUT2D eigenvalue weighted by Crippen LogP contribution is 2.24. The van der Waals surface area contributed by atoms with Crippen LogP contribution in [-0.4, -0.2) is 55.1 Å². The summed E-state index contributed by atoms with van der Waals surface area (Å²) >= 11 is 0. The molecular formula is C22H28N6O2. The Morgan fingerprint density at radius 1 is 1.27 bits per heavy atom. The van der Waals surface area contributed by atoms with E-state index in [2.05, 4.69) is 22.2 Å². The van der Waals surface area contributed by atoms with Crippen LogP contribution in [0.1, 0.15) is 34.1 Å². The zero-order valence-corrected chi connectivity index (χ0v) is 17.9. The third-order valence-electron chi connectivity index (χ3n) is 5.73. The molecule has 8 nitrogen and oxygen atoms in total. The number of aromatic nitrogens is 4. The van der Waals surface area contributed by atoms with Gasteiger partial charge in [0, 0.05) is 25.3 Å². The van der Waals surface area contributed by atoms with Crippen molar-refractivity contribution in [1.29, 1.82) is 0 Å². The summed E-state index contributed by atoms with van der Waals surface area (Å²) in [4.78, 5) is 27.8. The molecule has 4 heterocycles. The van der Waals surface area contributed by atoms with Gasteiger partial charge in [0.25, 0.3) is 0 Å². The minimum absolute atomic E-state index is 0.0778. The van der Waals surface area contributed by atoms with Crippen molar-refractivity contribution in [2.24, 2.45) is 5.92 Å². The van der Waals surface area contributed by atoms with Crippen LogP contribution in [0, 0.1) is 5.92 Å². The van der Waals surface area contributed by atoms with Crippen LogP contribution in [0.25, 0.3) is 17.0 Å². The SMILES string of the molecule is CCC(C)(C)OC(=O)N1CC(C)C(Nc2cncc(-c3cnc4ccccn34)n2)C1. The van der Waals surface area contributed by atoms with E-state index in [4.69, 9.17) is 9.72 Å². The molecule has 3 aromatic heterocycles. The molecular weight excluding hydrogens is 380 g/mol. The Kier molecular flexibility index (Phi) is 5.32. The molecule has 0 aromatic carbocycles. The van der Waals surface area contributed by atoms with Gasteiger partial charge < -0.3 is 15.0 Å². The molecule has 1 aliphatic rings. The lowest BCUT2D eigenvalue weighted by Gasteiger charge is -2.27. The number of pyridine rings is 1. The molecule has 8 heteroatoms. The molecule has 2 atom stereocenters. The lowest BCUT2D eigenvalue weighted by atomic mass is 10.1. The lowest BCUT2D eigenvalue weighted by molar-refractivity contribution is 0.0147. The molecule has 0 bridgehead atoms. The number of carbonyl (C=O) groups is 1. The Balaban J connectivity index is 1.47. The third kappa shape index (κ3) is 4.08. The Labute approximate surface area is 176 Å². The Morgan fingerprint density at radius 2 is 2.10 bits per heavy atom. The molecule has 0 spiro atoms. The van der Waals surface area contributed by atoms with Crippen LogP contribution in [0.5, 0.6) is 0 Å². The molecule has 158 valence electrons. The van der Waals surface area contributed by atoms with Gasteiger partial charge in [-0.2, -0.15) is 0 Å². The van der Waals surface area contributed by atoms with Gasteiger partial charge in [0.05, 0.1) is 24.3 Å². The number of amides is 1. The summed E-state index contributed by atoms with van der Waals surface area (Å²) in [6.45, 7) is 9.22. The maximum atomic E-state index is 12.5. The van der Waals surface area contributed by atoms with Crippen molar-refractivity contribution >= 4 is 17.6 Å². The minimum atomic E-state index is -0.459. The molecule has 30 heavy (non-hydrogen) atoms. The van der Waals surface area contributed by atoms with E-state index < -0.39 is 5.60 Å². The average Bonchev–Trinajstić information content (AvgIpc) is 3.32. The van der Waals surface area contributed by atoms with E-state index in [1.54, 1.807) is 23.5 Å². The summed E-state index contributed by atoms with van der Waals surface area (Å²) in [7, 11) is 0. The van der Waals surface area contributed by atoms with Gasteiger partial charge in [0.1, 0.15) is 22.8 Å². The van der Waals surface area contributed by atoms with Crippen molar-refractivity contribution in [2.75, 3.05) is 18.4 Å². The van der Waals surface area contributed by atoms with Gasteiger partial charge in [0.15, 0.2) is 0 Å². The van der Waals surface area contributed by atoms with E-state index in [1.807, 2.05) is 49.6 Å². The van der Waals surface area contributed by atoms with Crippen LogP contribution in [-0.2, 0) is 4.74 Å². The first kappa shape index (κ1) is 20.1. The fraction of sp³-hybridized carbons (Fsp3) is 0.455. The predicted molar refractivity (Wildman–Crippen MR) is 115 cm³/mol. The zero-order valence-electron chi connectivity index (χ0n) is 17.9. The molecule has 1 amide bonds. The fourth-order valence-corrected chi connectivity index (χ4v) is 3.55. The number of carbonyl (C=O) groups excluding carboxylic acids is 1. The maximum absolute atomic E-state index is 12.5. The number of hydrogen-bond acceptors (Lipinski definition) is 6. The molecule has 0 radical (unpaired) electrons. The quantitative estimate of drug-likeness (QED) is 0.690. The van der Waals surface area contributed by atoms with E-state index in [0.717, 1.165) is 23.5 Å². The van der Waals surface area contributed by atoms with Crippen molar-refractivity contribution in [3.63, 3.8) is 0 Å². The zero-order chi connectivity index (χ0) is 21.3. The van der Waals surface area contributed by atoms with Gasteiger partial charge in [-0.3, -0.25) is 9.38 Å². The molecule has 1 saturated heterocycles. The van der Waals surface area contributed by atoms with Crippen LogP contribution in [0.15, 0.2) is 43.0 Å². The number of nitrogens with zero attached hydrogens (tertiary/aromatic N) is 5. The van der Waals surface area contributed by atoms with Crippen molar-refractivity contribution in [3.05, 3.63) is 43.0 Å². The normalized spacial score (nSPS) is 19.3. The Morgan fingerprint density at radius 3 is 2.90 bits per heavy atom. The second-order valence-electron chi connectivity index (χ2n) is 8.48. The van der Waals surface area contributed by atoms with E-state index in [1.165, 1.54) is 0 Å². The second kappa shape index (κ2) is 7.93. The highest BCUT2D eigenvalue weighted by molar-refractivity contribution is 5.69. The van der Waals surface area contributed by atoms with E-state index in [-0.39, 0.29) is 18.1 Å². The topological polar surface area (TPSA) is 84.6 Å². The predicted octanol–water partition coefficient (Wildman–Crippen LogP) is 3.85. The van der Waals surface area contributed by atoms with E-state index in [0.29, 0.717) is 18.9 Å². The van der Waals surface area contributed by atoms with E-state index in [9.17, 15) is 4.79 Å². The monoisotopic (exact) mass is 408 g/mol.